The number of hydrogen-bond donors (Lipinski definition) is 3. The van der Waals surface area contributed by atoms with Crippen molar-refractivity contribution >= 4 is 17.8 Å². The highest BCUT2D eigenvalue weighted by Crippen LogP contribution is 2.36. The molecular weight excluding hydrogens is 267 g/mol. The molecule has 0 saturated heterocycles. The van der Waals surface area contributed by atoms with Crippen LogP contribution >= 0.6 is 11.8 Å². The minimum absolute atomic E-state index is 0.0500. The van der Waals surface area contributed by atoms with Crippen molar-refractivity contribution in [3.05, 3.63) is 29.6 Å². The number of aliphatic hydroxyl groups excluding tert-OH is 1. The van der Waals surface area contributed by atoms with Gasteiger partial charge in [0.05, 0.1) is 6.04 Å². The largest absolute Gasteiger partial charge is 0.396 e. The molecule has 1 aliphatic heterocycles. The molecule has 6 heteroatoms. The molecule has 0 aromatic heterocycles. The lowest BCUT2D eigenvalue weighted by Gasteiger charge is -2.26. The fourth-order valence-electron chi connectivity index (χ4n) is 2.01. The van der Waals surface area contributed by atoms with Crippen LogP contribution in [-0.2, 0) is 0 Å². The van der Waals surface area contributed by atoms with Gasteiger partial charge in [0, 0.05) is 23.8 Å². The van der Waals surface area contributed by atoms with Crippen LogP contribution in [-0.4, -0.2) is 30.0 Å². The molecule has 0 fully saturated rings. The number of benzene rings is 1. The molecule has 19 heavy (non-hydrogen) atoms. The Balaban J connectivity index is 1.99. The predicted molar refractivity (Wildman–Crippen MR) is 72.7 cm³/mol. The van der Waals surface area contributed by atoms with Crippen LogP contribution in [0.25, 0.3) is 0 Å². The van der Waals surface area contributed by atoms with E-state index in [1.54, 1.807) is 17.8 Å². The Hall–Kier alpha value is -1.27. The standard InChI is InChI=1S/C13H17FN2O2S/c14-9-2-3-12-10(8-9)11(4-7-19-12)16-13(18)15-5-1-6-17/h2-3,8,11,17H,1,4-7H2,(H2,15,16,18)/t11-/m0/s1. The van der Waals surface area contributed by atoms with E-state index in [1.807, 2.05) is 0 Å². The molecule has 4 nitrogen and oxygen atoms in total. The van der Waals surface area contributed by atoms with E-state index in [1.165, 1.54) is 12.1 Å². The van der Waals surface area contributed by atoms with E-state index in [4.69, 9.17) is 5.11 Å². The summed E-state index contributed by atoms with van der Waals surface area (Å²) in [4.78, 5) is 12.7. The van der Waals surface area contributed by atoms with Crippen molar-refractivity contribution in [2.24, 2.45) is 0 Å². The van der Waals surface area contributed by atoms with Crippen molar-refractivity contribution in [1.82, 2.24) is 10.6 Å². The van der Waals surface area contributed by atoms with Crippen molar-refractivity contribution in [2.75, 3.05) is 18.9 Å². The molecule has 0 unspecified atom stereocenters. The van der Waals surface area contributed by atoms with Crippen LogP contribution in [0.15, 0.2) is 23.1 Å². The van der Waals surface area contributed by atoms with Crippen LogP contribution in [0.1, 0.15) is 24.4 Å². The average Bonchev–Trinajstić information content (AvgIpc) is 2.40. The quantitative estimate of drug-likeness (QED) is 0.742. The predicted octanol–water partition coefficient (Wildman–Crippen LogP) is 2.04. The normalized spacial score (nSPS) is 17.7. The van der Waals surface area contributed by atoms with Crippen molar-refractivity contribution in [1.29, 1.82) is 0 Å². The average molecular weight is 284 g/mol. The minimum Gasteiger partial charge on any atom is -0.396 e. The Labute approximate surface area is 115 Å². The molecule has 104 valence electrons. The fraction of sp³-hybridized carbons (Fsp3) is 0.462. The van der Waals surface area contributed by atoms with Gasteiger partial charge in [-0.05, 0) is 36.6 Å². The van der Waals surface area contributed by atoms with Crippen LogP contribution in [0.2, 0.25) is 0 Å². The maximum absolute atomic E-state index is 13.3. The van der Waals surface area contributed by atoms with E-state index in [0.717, 1.165) is 22.6 Å². The fourth-order valence-corrected chi connectivity index (χ4v) is 3.11. The van der Waals surface area contributed by atoms with Crippen LogP contribution in [0, 0.1) is 5.82 Å². The van der Waals surface area contributed by atoms with Crippen molar-refractivity contribution in [2.45, 2.75) is 23.8 Å². The van der Waals surface area contributed by atoms with E-state index >= 15 is 0 Å². The topological polar surface area (TPSA) is 61.4 Å². The Morgan fingerprint density at radius 1 is 1.53 bits per heavy atom. The summed E-state index contributed by atoms with van der Waals surface area (Å²) < 4.78 is 13.3. The Morgan fingerprint density at radius 2 is 2.37 bits per heavy atom. The number of amides is 2. The summed E-state index contributed by atoms with van der Waals surface area (Å²) in [6.45, 7) is 0.480. The van der Waals surface area contributed by atoms with E-state index in [0.29, 0.717) is 13.0 Å². The molecule has 1 heterocycles. The summed E-state index contributed by atoms with van der Waals surface area (Å²) in [6.07, 6.45) is 1.31. The van der Waals surface area contributed by atoms with Crippen molar-refractivity contribution in [3.8, 4) is 0 Å². The molecule has 1 aromatic carbocycles. The van der Waals surface area contributed by atoms with Crippen molar-refractivity contribution in [3.63, 3.8) is 0 Å². The highest BCUT2D eigenvalue weighted by atomic mass is 32.2. The number of urea groups is 1. The van der Waals surface area contributed by atoms with Crippen molar-refractivity contribution < 1.29 is 14.3 Å². The number of aliphatic hydroxyl groups is 1. The SMILES string of the molecule is O=C(NCCCO)N[C@H]1CCSc2ccc(F)cc21. The summed E-state index contributed by atoms with van der Waals surface area (Å²) >= 11 is 1.68. The first-order valence-corrected chi connectivity index (χ1v) is 7.26. The first kappa shape index (κ1) is 14.1. The highest BCUT2D eigenvalue weighted by molar-refractivity contribution is 7.99. The molecule has 0 aliphatic carbocycles. The summed E-state index contributed by atoms with van der Waals surface area (Å²) in [7, 11) is 0. The van der Waals surface area contributed by atoms with Crippen LogP contribution in [0.5, 0.6) is 0 Å². The second kappa shape index (κ2) is 6.77. The number of fused-ring (bicyclic) bond motifs is 1. The third-order valence-electron chi connectivity index (χ3n) is 2.94. The van der Waals surface area contributed by atoms with Gasteiger partial charge >= 0.3 is 6.03 Å². The molecule has 1 atom stereocenters. The van der Waals surface area contributed by atoms with E-state index in [9.17, 15) is 9.18 Å². The zero-order valence-electron chi connectivity index (χ0n) is 10.5. The molecule has 2 rings (SSSR count). The maximum Gasteiger partial charge on any atom is 0.315 e. The van der Waals surface area contributed by atoms with E-state index < -0.39 is 0 Å². The Morgan fingerprint density at radius 3 is 3.16 bits per heavy atom. The second-order valence-electron chi connectivity index (χ2n) is 4.35. The third-order valence-corrected chi connectivity index (χ3v) is 4.06. The molecule has 0 bridgehead atoms. The molecule has 3 N–H and O–H groups in total. The number of nitrogens with one attached hydrogen (secondary N) is 2. The summed E-state index contributed by atoms with van der Waals surface area (Å²) in [5.41, 5.74) is 0.841. The van der Waals surface area contributed by atoms with Gasteiger partial charge in [-0.15, -0.1) is 11.8 Å². The molecule has 1 aromatic rings. The zero-order chi connectivity index (χ0) is 13.7. The third kappa shape index (κ3) is 3.84. The van der Waals surface area contributed by atoms with E-state index in [2.05, 4.69) is 10.6 Å². The smallest absolute Gasteiger partial charge is 0.315 e. The molecule has 1 aliphatic rings. The van der Waals surface area contributed by atoms with Gasteiger partial charge in [0.1, 0.15) is 5.82 Å². The van der Waals surface area contributed by atoms with Crippen LogP contribution < -0.4 is 10.6 Å². The summed E-state index contributed by atoms with van der Waals surface area (Å²) in [5.74, 6) is 0.619. The first-order valence-electron chi connectivity index (χ1n) is 6.28. The van der Waals surface area contributed by atoms with Gasteiger partial charge in [0.25, 0.3) is 0 Å². The van der Waals surface area contributed by atoms with Gasteiger partial charge in [0.15, 0.2) is 0 Å². The summed E-state index contributed by atoms with van der Waals surface area (Å²) in [6, 6.07) is 4.25. The number of rotatable bonds is 4. The summed E-state index contributed by atoms with van der Waals surface area (Å²) in [5, 5.41) is 14.2. The zero-order valence-corrected chi connectivity index (χ0v) is 11.3. The van der Waals surface area contributed by atoms with E-state index in [-0.39, 0.29) is 24.5 Å². The highest BCUT2D eigenvalue weighted by Gasteiger charge is 2.22. The lowest BCUT2D eigenvalue weighted by Crippen LogP contribution is -2.39. The number of carbonyl (C=O) groups is 1. The molecular formula is C13H17FN2O2S. The Kier molecular flexibility index (Phi) is 5.04. The second-order valence-corrected chi connectivity index (χ2v) is 5.49. The number of halogens is 1. The first-order chi connectivity index (χ1) is 9.20. The lowest BCUT2D eigenvalue weighted by molar-refractivity contribution is 0.234. The van der Waals surface area contributed by atoms with Gasteiger partial charge in [-0.2, -0.15) is 0 Å². The van der Waals surface area contributed by atoms with Crippen LogP contribution in [0.4, 0.5) is 9.18 Å². The van der Waals surface area contributed by atoms with Gasteiger partial charge in [-0.25, -0.2) is 9.18 Å². The molecule has 0 spiro atoms. The molecule has 2 amide bonds. The lowest BCUT2D eigenvalue weighted by atomic mass is 10.0. The minimum atomic E-state index is -0.284. The number of thioether (sulfide) groups is 1. The van der Waals surface area contributed by atoms with Gasteiger partial charge in [-0.1, -0.05) is 0 Å². The van der Waals surface area contributed by atoms with Gasteiger partial charge in [0.2, 0.25) is 0 Å². The number of carbonyl (C=O) groups excluding carboxylic acids is 1. The maximum atomic E-state index is 13.3. The molecule has 0 saturated carbocycles. The Bertz CT molecular complexity index is 456. The van der Waals surface area contributed by atoms with Crippen LogP contribution in [0.3, 0.4) is 0 Å². The monoisotopic (exact) mass is 284 g/mol. The van der Waals surface area contributed by atoms with Gasteiger partial charge in [-0.3, -0.25) is 0 Å². The number of hydrogen-bond acceptors (Lipinski definition) is 3. The molecule has 0 radical (unpaired) electrons. The van der Waals surface area contributed by atoms with Gasteiger partial charge < -0.3 is 15.7 Å².